The zero-order valence-electron chi connectivity index (χ0n) is 12.8. The Morgan fingerprint density at radius 1 is 1.32 bits per heavy atom. The van der Waals surface area contributed by atoms with Gasteiger partial charge in [-0.2, -0.15) is 0 Å². The average Bonchev–Trinajstić information content (AvgIpc) is 2.79. The van der Waals surface area contributed by atoms with Crippen LogP contribution in [0.3, 0.4) is 0 Å². The summed E-state index contributed by atoms with van der Waals surface area (Å²) in [7, 11) is 0. The van der Waals surface area contributed by atoms with Gasteiger partial charge in [-0.3, -0.25) is 0 Å². The van der Waals surface area contributed by atoms with Gasteiger partial charge >= 0.3 is 5.97 Å². The highest BCUT2D eigenvalue weighted by Crippen LogP contribution is 2.37. The summed E-state index contributed by atoms with van der Waals surface area (Å²) >= 11 is 3.50. The van der Waals surface area contributed by atoms with E-state index in [0.29, 0.717) is 36.0 Å². The topological polar surface area (TPSA) is 57.1 Å². The summed E-state index contributed by atoms with van der Waals surface area (Å²) in [6.07, 6.45) is 2.64. The Morgan fingerprint density at radius 3 is 2.68 bits per heavy atom. The molecule has 0 unspecified atom stereocenters. The van der Waals surface area contributed by atoms with E-state index in [1.54, 1.807) is 13.0 Å². The van der Waals surface area contributed by atoms with Gasteiger partial charge in [-0.25, -0.2) is 4.79 Å². The summed E-state index contributed by atoms with van der Waals surface area (Å²) in [5.74, 6) is 0.862. The monoisotopic (exact) mass is 367 g/mol. The second-order valence-electron chi connectivity index (χ2n) is 4.72. The number of carbonyl (C=O) groups is 1. The number of carbonyl (C=O) groups excluding carboxylic acids is 1. The first kappa shape index (κ1) is 16.5. The van der Waals surface area contributed by atoms with Crippen molar-refractivity contribution in [2.45, 2.75) is 27.2 Å². The van der Waals surface area contributed by atoms with Crippen LogP contribution in [0, 0.1) is 0 Å². The van der Waals surface area contributed by atoms with Crippen LogP contribution in [0.15, 0.2) is 27.3 Å². The Bertz CT molecular complexity index is 637. The van der Waals surface area contributed by atoms with Gasteiger partial charge in [0.1, 0.15) is 0 Å². The van der Waals surface area contributed by atoms with Crippen molar-refractivity contribution in [1.29, 1.82) is 0 Å². The van der Waals surface area contributed by atoms with Crippen LogP contribution in [0.5, 0.6) is 11.5 Å². The van der Waals surface area contributed by atoms with E-state index in [1.807, 2.05) is 26.0 Å². The van der Waals surface area contributed by atoms with E-state index in [1.165, 1.54) is 0 Å². The zero-order chi connectivity index (χ0) is 16.1. The molecule has 0 atom stereocenters. The Hall–Kier alpha value is -1.82. The SMILES string of the molecule is CCCOc1c(Br)cc(/C=C2\C(=O)ON=C2C)cc1OCC. The third-order valence-corrected chi connectivity index (χ3v) is 3.56. The third kappa shape index (κ3) is 3.68. The first-order valence-corrected chi connectivity index (χ1v) is 7.93. The second kappa shape index (κ2) is 7.45. The van der Waals surface area contributed by atoms with E-state index >= 15 is 0 Å². The number of hydrogen-bond acceptors (Lipinski definition) is 5. The molecular formula is C16H18BrNO4. The number of benzene rings is 1. The summed E-state index contributed by atoms with van der Waals surface area (Å²) in [6.45, 7) is 6.82. The van der Waals surface area contributed by atoms with E-state index in [4.69, 9.17) is 9.47 Å². The lowest BCUT2D eigenvalue weighted by Gasteiger charge is -2.14. The molecule has 1 aliphatic heterocycles. The van der Waals surface area contributed by atoms with Crippen molar-refractivity contribution < 1.29 is 19.1 Å². The molecule has 0 saturated heterocycles. The number of hydrogen-bond donors (Lipinski definition) is 0. The van der Waals surface area contributed by atoms with Crippen molar-refractivity contribution in [3.05, 3.63) is 27.7 Å². The molecule has 2 rings (SSSR count). The first-order chi connectivity index (χ1) is 10.6. The minimum atomic E-state index is -0.446. The maximum absolute atomic E-state index is 11.6. The number of nitrogens with zero attached hydrogens (tertiary/aromatic N) is 1. The molecule has 0 aliphatic carbocycles. The maximum Gasteiger partial charge on any atom is 0.367 e. The average molecular weight is 368 g/mol. The molecule has 1 aromatic rings. The fourth-order valence-electron chi connectivity index (χ4n) is 1.96. The van der Waals surface area contributed by atoms with Crippen LogP contribution in [0.4, 0.5) is 0 Å². The Kier molecular flexibility index (Phi) is 5.60. The lowest BCUT2D eigenvalue weighted by Crippen LogP contribution is -2.03. The summed E-state index contributed by atoms with van der Waals surface area (Å²) in [5, 5.41) is 3.67. The van der Waals surface area contributed by atoms with E-state index in [-0.39, 0.29) is 0 Å². The van der Waals surface area contributed by atoms with Gasteiger partial charge in [-0.1, -0.05) is 12.1 Å². The van der Waals surface area contributed by atoms with Gasteiger partial charge in [0.25, 0.3) is 0 Å². The van der Waals surface area contributed by atoms with E-state index in [0.717, 1.165) is 16.5 Å². The highest BCUT2D eigenvalue weighted by atomic mass is 79.9. The number of halogens is 1. The van der Waals surface area contributed by atoms with E-state index in [2.05, 4.69) is 25.9 Å². The normalized spacial score (nSPS) is 15.7. The smallest absolute Gasteiger partial charge is 0.367 e. The van der Waals surface area contributed by atoms with Crippen LogP contribution in [-0.2, 0) is 9.63 Å². The molecule has 5 nitrogen and oxygen atoms in total. The number of rotatable bonds is 6. The molecule has 0 aromatic heterocycles. The summed E-state index contributed by atoms with van der Waals surface area (Å²) in [5.41, 5.74) is 1.81. The molecule has 118 valence electrons. The summed E-state index contributed by atoms with van der Waals surface area (Å²) in [6, 6.07) is 3.71. The minimum Gasteiger partial charge on any atom is -0.490 e. The van der Waals surface area contributed by atoms with Crippen LogP contribution in [0.25, 0.3) is 6.08 Å². The van der Waals surface area contributed by atoms with E-state index in [9.17, 15) is 4.79 Å². The highest BCUT2D eigenvalue weighted by Gasteiger charge is 2.22. The largest absolute Gasteiger partial charge is 0.490 e. The molecule has 0 amide bonds. The standard InChI is InChI=1S/C16H18BrNO4/c1-4-6-21-15-13(17)8-11(9-14(15)20-5-2)7-12-10(3)18-22-16(12)19/h7-9H,4-6H2,1-3H3/b12-7-. The molecule has 1 heterocycles. The van der Waals surface area contributed by atoms with Gasteiger partial charge < -0.3 is 14.3 Å². The van der Waals surface area contributed by atoms with Crippen LogP contribution < -0.4 is 9.47 Å². The van der Waals surface area contributed by atoms with Crippen molar-refractivity contribution in [2.75, 3.05) is 13.2 Å². The lowest BCUT2D eigenvalue weighted by molar-refractivity contribution is -0.136. The second-order valence-corrected chi connectivity index (χ2v) is 5.58. The maximum atomic E-state index is 11.6. The predicted octanol–water partition coefficient (Wildman–Crippen LogP) is 3.95. The minimum absolute atomic E-state index is 0.441. The highest BCUT2D eigenvalue weighted by molar-refractivity contribution is 9.10. The lowest BCUT2D eigenvalue weighted by atomic mass is 10.1. The van der Waals surface area contributed by atoms with Crippen molar-refractivity contribution in [1.82, 2.24) is 0 Å². The van der Waals surface area contributed by atoms with Crippen LogP contribution in [0.2, 0.25) is 0 Å². The molecule has 0 fully saturated rings. The molecule has 0 saturated carbocycles. The molecule has 0 N–H and O–H groups in total. The molecule has 0 radical (unpaired) electrons. The van der Waals surface area contributed by atoms with Crippen molar-refractivity contribution >= 4 is 33.7 Å². The van der Waals surface area contributed by atoms with Gasteiger partial charge in [0.2, 0.25) is 0 Å². The summed E-state index contributed by atoms with van der Waals surface area (Å²) in [4.78, 5) is 16.3. The van der Waals surface area contributed by atoms with Gasteiger partial charge in [-0.05, 0) is 60.0 Å². The van der Waals surface area contributed by atoms with Crippen LogP contribution in [0.1, 0.15) is 32.8 Å². The molecular weight excluding hydrogens is 350 g/mol. The molecule has 6 heteroatoms. The fourth-order valence-corrected chi connectivity index (χ4v) is 2.54. The predicted molar refractivity (Wildman–Crippen MR) is 88.3 cm³/mol. The molecule has 1 aliphatic rings. The van der Waals surface area contributed by atoms with Gasteiger partial charge in [0, 0.05) is 0 Å². The molecule has 22 heavy (non-hydrogen) atoms. The van der Waals surface area contributed by atoms with Gasteiger partial charge in [0.15, 0.2) is 11.5 Å². The first-order valence-electron chi connectivity index (χ1n) is 7.14. The molecule has 1 aromatic carbocycles. The summed E-state index contributed by atoms with van der Waals surface area (Å²) < 4.78 is 12.1. The fraction of sp³-hybridized carbons (Fsp3) is 0.375. The van der Waals surface area contributed by atoms with Crippen LogP contribution >= 0.6 is 15.9 Å². The Morgan fingerprint density at radius 2 is 2.09 bits per heavy atom. The van der Waals surface area contributed by atoms with Gasteiger partial charge in [0.05, 0.1) is 29.0 Å². The Balaban J connectivity index is 2.40. The quantitative estimate of drug-likeness (QED) is 0.564. The number of oxime groups is 1. The Labute approximate surface area is 138 Å². The van der Waals surface area contributed by atoms with Crippen molar-refractivity contribution in [3.63, 3.8) is 0 Å². The zero-order valence-corrected chi connectivity index (χ0v) is 14.4. The van der Waals surface area contributed by atoms with Crippen LogP contribution in [-0.4, -0.2) is 24.9 Å². The van der Waals surface area contributed by atoms with Crippen molar-refractivity contribution in [3.8, 4) is 11.5 Å². The van der Waals surface area contributed by atoms with Gasteiger partial charge in [-0.15, -0.1) is 0 Å². The van der Waals surface area contributed by atoms with E-state index < -0.39 is 5.97 Å². The third-order valence-electron chi connectivity index (χ3n) is 2.97. The molecule has 0 bridgehead atoms. The molecule has 0 spiro atoms. The number of ether oxygens (including phenoxy) is 2. The van der Waals surface area contributed by atoms with Crippen molar-refractivity contribution in [2.24, 2.45) is 5.16 Å².